The fourth-order valence-corrected chi connectivity index (χ4v) is 6.96. The molecule has 0 bridgehead atoms. The van der Waals surface area contributed by atoms with Gasteiger partial charge in [-0.3, -0.25) is 14.5 Å². The van der Waals surface area contributed by atoms with Gasteiger partial charge in [0.05, 0.1) is 36.8 Å². The molecule has 2 amide bonds. The van der Waals surface area contributed by atoms with Gasteiger partial charge in [0.15, 0.2) is 0 Å². The van der Waals surface area contributed by atoms with Gasteiger partial charge in [-0.2, -0.15) is 0 Å². The van der Waals surface area contributed by atoms with Crippen LogP contribution in [0.2, 0.25) is 0 Å². The topological polar surface area (TPSA) is 118 Å². The molecule has 6 rings (SSSR count). The molecule has 1 fully saturated rings. The van der Waals surface area contributed by atoms with Gasteiger partial charge in [0.25, 0.3) is 0 Å². The van der Waals surface area contributed by atoms with Gasteiger partial charge >= 0.3 is 0 Å². The molecule has 1 saturated heterocycles. The maximum absolute atomic E-state index is 13.7. The number of benzene rings is 4. The number of aromatic hydroxyl groups is 1. The molecule has 2 aliphatic rings. The number of nitrogens with zero attached hydrogens (tertiary/aromatic N) is 1. The molecule has 4 aromatic carbocycles. The number of aliphatic hydroxyl groups excluding tert-OH is 3. The van der Waals surface area contributed by atoms with Crippen molar-refractivity contribution >= 4 is 39.9 Å². The normalized spacial score (nSPS) is 21.2. The van der Waals surface area contributed by atoms with Crippen molar-refractivity contribution in [2.75, 3.05) is 18.1 Å². The van der Waals surface area contributed by atoms with Gasteiger partial charge in [-0.15, -0.1) is 0 Å². The molecule has 0 saturated carbocycles. The summed E-state index contributed by atoms with van der Waals surface area (Å²) >= 11 is 0. The fourth-order valence-electron chi connectivity index (χ4n) is 6.96. The number of para-hydroxylation sites is 1. The molecular formula is C37H35NO6. The Hall–Kier alpha value is -4.56. The standard InChI is InChI=1S/C37H35NO6/c39-21-26-20-30-35(37(44)38(36(30)43)27-11-5-2-6-12-27)31(22-40)34(26)33(42)18-15-24(23-9-3-1-4-10-23)19-25-16-17-32(41)29-14-8-7-13-28(25)29/h1-14,16-17,19,30-31,33,35,39-42H,15,18,20-22H2/b24-19-/t30-,31+,33-,35-/m1/s1. The maximum atomic E-state index is 13.7. The summed E-state index contributed by atoms with van der Waals surface area (Å²) in [6, 6.07) is 29.7. The van der Waals surface area contributed by atoms with E-state index < -0.39 is 36.4 Å². The summed E-state index contributed by atoms with van der Waals surface area (Å²) in [5.74, 6) is -2.85. The summed E-state index contributed by atoms with van der Waals surface area (Å²) in [6.45, 7) is -0.806. The average molecular weight is 590 g/mol. The summed E-state index contributed by atoms with van der Waals surface area (Å²) in [5.41, 5.74) is 4.29. The number of rotatable bonds is 9. The summed E-state index contributed by atoms with van der Waals surface area (Å²) in [7, 11) is 0. The van der Waals surface area contributed by atoms with Crippen LogP contribution in [-0.4, -0.2) is 51.6 Å². The van der Waals surface area contributed by atoms with Crippen LogP contribution in [-0.2, 0) is 9.59 Å². The zero-order valence-corrected chi connectivity index (χ0v) is 24.2. The molecule has 1 heterocycles. The Balaban J connectivity index is 1.31. The molecule has 224 valence electrons. The van der Waals surface area contributed by atoms with E-state index >= 15 is 0 Å². The van der Waals surface area contributed by atoms with Gasteiger partial charge in [-0.25, -0.2) is 0 Å². The Kier molecular flexibility index (Phi) is 8.44. The first-order valence-electron chi connectivity index (χ1n) is 14.9. The minimum Gasteiger partial charge on any atom is -0.507 e. The number of allylic oxidation sites excluding steroid dienone is 1. The van der Waals surface area contributed by atoms with E-state index in [0.717, 1.165) is 27.5 Å². The molecule has 7 nitrogen and oxygen atoms in total. The highest BCUT2D eigenvalue weighted by molar-refractivity contribution is 6.22. The third kappa shape index (κ3) is 5.35. The number of carbonyl (C=O) groups is 2. The van der Waals surface area contributed by atoms with Crippen LogP contribution >= 0.6 is 0 Å². The van der Waals surface area contributed by atoms with Crippen LogP contribution in [0.3, 0.4) is 0 Å². The second-order valence-electron chi connectivity index (χ2n) is 11.5. The second-order valence-corrected chi connectivity index (χ2v) is 11.5. The predicted octanol–water partition coefficient (Wildman–Crippen LogP) is 5.33. The van der Waals surface area contributed by atoms with Gasteiger partial charge in [-0.1, -0.05) is 84.9 Å². The molecule has 0 radical (unpaired) electrons. The smallest absolute Gasteiger partial charge is 0.238 e. The van der Waals surface area contributed by atoms with Crippen LogP contribution in [0.1, 0.15) is 30.4 Å². The lowest BCUT2D eigenvalue weighted by Gasteiger charge is -2.36. The first-order chi connectivity index (χ1) is 21.4. The summed E-state index contributed by atoms with van der Waals surface area (Å²) in [5, 5.41) is 44.6. The number of amides is 2. The number of carbonyl (C=O) groups excluding carboxylic acids is 2. The van der Waals surface area contributed by atoms with Gasteiger partial charge in [0, 0.05) is 11.3 Å². The Morgan fingerprint density at radius 2 is 1.50 bits per heavy atom. The monoisotopic (exact) mass is 589 g/mol. The van der Waals surface area contributed by atoms with Gasteiger partial charge in [0.2, 0.25) is 11.8 Å². The largest absolute Gasteiger partial charge is 0.507 e. The van der Waals surface area contributed by atoms with Gasteiger partial charge in [-0.05, 0) is 70.7 Å². The van der Waals surface area contributed by atoms with Crippen molar-refractivity contribution in [3.05, 3.63) is 119 Å². The van der Waals surface area contributed by atoms with Crippen molar-refractivity contribution in [1.29, 1.82) is 0 Å². The van der Waals surface area contributed by atoms with Gasteiger partial charge < -0.3 is 20.4 Å². The molecule has 4 atom stereocenters. The number of hydrogen-bond acceptors (Lipinski definition) is 6. The Morgan fingerprint density at radius 3 is 2.18 bits per heavy atom. The summed E-state index contributed by atoms with van der Waals surface area (Å²) in [6.07, 6.45) is 1.89. The lowest BCUT2D eigenvalue weighted by molar-refractivity contribution is -0.123. The first-order valence-corrected chi connectivity index (χ1v) is 14.9. The Labute approximate surface area is 256 Å². The van der Waals surface area contributed by atoms with E-state index in [4.69, 9.17) is 0 Å². The second kappa shape index (κ2) is 12.6. The summed E-state index contributed by atoms with van der Waals surface area (Å²) in [4.78, 5) is 28.3. The van der Waals surface area contributed by atoms with Crippen molar-refractivity contribution < 1.29 is 30.0 Å². The van der Waals surface area contributed by atoms with Crippen molar-refractivity contribution in [1.82, 2.24) is 0 Å². The number of hydrogen-bond donors (Lipinski definition) is 4. The first kappa shape index (κ1) is 29.5. The van der Waals surface area contributed by atoms with E-state index in [1.54, 1.807) is 36.4 Å². The number of phenols is 1. The third-order valence-electron chi connectivity index (χ3n) is 9.04. The fraction of sp³-hybridized carbons (Fsp3) is 0.243. The predicted molar refractivity (Wildman–Crippen MR) is 170 cm³/mol. The molecule has 44 heavy (non-hydrogen) atoms. The van der Waals surface area contributed by atoms with Crippen molar-refractivity contribution in [2.45, 2.75) is 25.4 Å². The molecule has 7 heteroatoms. The van der Waals surface area contributed by atoms with E-state index in [1.807, 2.05) is 60.7 Å². The number of imide groups is 1. The summed E-state index contributed by atoms with van der Waals surface area (Å²) < 4.78 is 0. The third-order valence-corrected chi connectivity index (χ3v) is 9.04. The minimum absolute atomic E-state index is 0.152. The molecule has 0 unspecified atom stereocenters. The zero-order chi connectivity index (χ0) is 30.8. The number of fused-ring (bicyclic) bond motifs is 2. The number of phenolic OH excluding ortho intramolecular Hbond substituents is 1. The molecule has 4 aromatic rings. The lowest BCUT2D eigenvalue weighted by atomic mass is 9.68. The quantitative estimate of drug-likeness (QED) is 0.119. The average Bonchev–Trinajstić information content (AvgIpc) is 3.32. The Morgan fingerprint density at radius 1 is 0.841 bits per heavy atom. The number of anilines is 1. The SMILES string of the molecule is O=C1[C@@H]2[C@@H](CC(CO)=C([C@H](O)CC/C(=C/c3ccc(O)c4ccccc34)c3ccccc3)[C@@H]2CO)C(=O)N1c1ccccc1. The van der Waals surface area contributed by atoms with E-state index in [0.29, 0.717) is 23.3 Å². The van der Waals surface area contributed by atoms with Crippen molar-refractivity contribution in [3.8, 4) is 5.75 Å². The van der Waals surface area contributed by atoms with E-state index in [2.05, 4.69) is 6.08 Å². The lowest BCUT2D eigenvalue weighted by Crippen LogP contribution is -2.39. The van der Waals surface area contributed by atoms with Crippen molar-refractivity contribution in [2.24, 2.45) is 17.8 Å². The van der Waals surface area contributed by atoms with E-state index in [-0.39, 0.29) is 31.1 Å². The highest BCUT2D eigenvalue weighted by Gasteiger charge is 2.55. The van der Waals surface area contributed by atoms with Crippen molar-refractivity contribution in [3.63, 3.8) is 0 Å². The maximum Gasteiger partial charge on any atom is 0.238 e. The highest BCUT2D eigenvalue weighted by Crippen LogP contribution is 2.47. The molecule has 0 aromatic heterocycles. The van der Waals surface area contributed by atoms with Crippen LogP contribution in [0.25, 0.3) is 22.4 Å². The molecule has 1 aliphatic carbocycles. The van der Waals surface area contributed by atoms with Crippen LogP contribution in [0.4, 0.5) is 5.69 Å². The van der Waals surface area contributed by atoms with E-state index in [1.165, 1.54) is 4.90 Å². The van der Waals surface area contributed by atoms with Crippen LogP contribution in [0.15, 0.2) is 108 Å². The number of aliphatic hydroxyl groups is 3. The minimum atomic E-state index is -1.05. The molecule has 4 N–H and O–H groups in total. The Bertz CT molecular complexity index is 1750. The van der Waals surface area contributed by atoms with Gasteiger partial charge in [0.1, 0.15) is 5.75 Å². The molecule has 1 aliphatic heterocycles. The highest BCUT2D eigenvalue weighted by atomic mass is 16.3. The van der Waals surface area contributed by atoms with Crippen LogP contribution in [0, 0.1) is 17.8 Å². The van der Waals surface area contributed by atoms with Crippen LogP contribution in [0.5, 0.6) is 5.75 Å². The molecule has 0 spiro atoms. The zero-order valence-electron chi connectivity index (χ0n) is 24.2. The molecular weight excluding hydrogens is 554 g/mol. The van der Waals surface area contributed by atoms with E-state index in [9.17, 15) is 30.0 Å². The van der Waals surface area contributed by atoms with Crippen LogP contribution < -0.4 is 4.90 Å².